The molecule has 194 valence electrons. The number of likely N-dealkylation sites (tertiary alicyclic amines) is 1. The number of carbonyl (C=O) groups is 2. The van der Waals surface area contributed by atoms with Crippen molar-refractivity contribution in [1.82, 2.24) is 15.2 Å². The van der Waals surface area contributed by atoms with Gasteiger partial charge in [-0.3, -0.25) is 9.59 Å². The van der Waals surface area contributed by atoms with Gasteiger partial charge in [-0.1, -0.05) is 31.9 Å². The third-order valence-electron chi connectivity index (χ3n) is 5.62. The number of ether oxygens (including phenoxy) is 3. The fraction of sp³-hybridized carbons (Fsp3) is 0.708. The maximum absolute atomic E-state index is 12.9. The number of pyridine rings is 1. The Hall–Kier alpha value is -2.10. The Morgan fingerprint density at radius 1 is 1.21 bits per heavy atom. The summed E-state index contributed by atoms with van der Waals surface area (Å²) < 4.78 is 15.8. The zero-order valence-corrected chi connectivity index (χ0v) is 22.0. The average molecular weight is 501 g/mol. The zero-order chi connectivity index (χ0) is 25.5. The van der Waals surface area contributed by atoms with Gasteiger partial charge in [-0.25, -0.2) is 0 Å². The summed E-state index contributed by atoms with van der Waals surface area (Å²) in [5, 5.41) is 3.26. The summed E-state index contributed by atoms with van der Waals surface area (Å²) in [5.41, 5.74) is 5.95. The first-order valence-corrected chi connectivity index (χ1v) is 12.5. The summed E-state index contributed by atoms with van der Waals surface area (Å²) >= 11 is 6.05. The van der Waals surface area contributed by atoms with Gasteiger partial charge in [0.2, 0.25) is 5.88 Å². The van der Waals surface area contributed by atoms with E-state index in [0.29, 0.717) is 13.0 Å². The quantitative estimate of drug-likeness (QED) is 0.349. The van der Waals surface area contributed by atoms with Crippen molar-refractivity contribution < 1.29 is 23.8 Å². The number of unbranched alkanes of at least 4 members (excludes halogenated alkanes) is 2. The number of hydrogen-bond donors (Lipinski definition) is 2. The van der Waals surface area contributed by atoms with E-state index in [0.717, 1.165) is 51.7 Å². The molecule has 1 saturated heterocycles. The molecule has 10 heteroatoms. The van der Waals surface area contributed by atoms with E-state index >= 15 is 0 Å². The Kier molecular flexibility index (Phi) is 14.5. The van der Waals surface area contributed by atoms with E-state index in [4.69, 9.17) is 31.5 Å². The molecule has 0 spiro atoms. The molecule has 0 bridgehead atoms. The molecule has 1 aromatic heterocycles. The van der Waals surface area contributed by atoms with Gasteiger partial charge in [-0.2, -0.15) is 4.98 Å². The fourth-order valence-corrected chi connectivity index (χ4v) is 4.02. The lowest BCUT2D eigenvalue weighted by molar-refractivity contribution is -0.143. The largest absolute Gasteiger partial charge is 0.480 e. The second kappa shape index (κ2) is 16.5. The van der Waals surface area contributed by atoms with Gasteiger partial charge in [0.25, 0.3) is 5.91 Å². The lowest BCUT2D eigenvalue weighted by Crippen LogP contribution is -2.44. The van der Waals surface area contributed by atoms with Crippen LogP contribution in [0.15, 0.2) is 6.07 Å². The van der Waals surface area contributed by atoms with Crippen LogP contribution < -0.4 is 15.8 Å². The molecule has 0 aromatic carbocycles. The standard InChI is InChI=1S/C22H35ClN4O5.C2H6/c1-4-32-19(28)8-6-5-7-11-27-12-9-17(18(30-2)10-13-27)25-21(29)15-14-16(23)20(24)26-22(15)31-3;1-2/h14,17-18H,4-13H2,1-3H3,(H2,24,26)(H,25,29);1-2H3/t17-,18+;/m1./s1. The van der Waals surface area contributed by atoms with Gasteiger partial charge in [0.05, 0.1) is 30.9 Å². The van der Waals surface area contributed by atoms with Crippen LogP contribution in [0.4, 0.5) is 5.82 Å². The molecule has 1 aromatic rings. The van der Waals surface area contributed by atoms with E-state index in [-0.39, 0.29) is 46.3 Å². The summed E-state index contributed by atoms with van der Waals surface area (Å²) in [4.78, 5) is 30.8. The molecule has 3 N–H and O–H groups in total. The lowest BCUT2D eigenvalue weighted by atomic mass is 10.1. The molecule has 1 aliphatic heterocycles. The molecule has 2 heterocycles. The molecule has 1 fully saturated rings. The first kappa shape index (κ1) is 29.9. The minimum atomic E-state index is -0.323. The Bertz CT molecular complexity index is 765. The van der Waals surface area contributed by atoms with E-state index in [1.54, 1.807) is 7.11 Å². The number of methoxy groups -OCH3 is 2. The number of nitrogen functional groups attached to an aromatic ring is 1. The number of nitrogens with two attached hydrogens (primary N) is 1. The fourth-order valence-electron chi connectivity index (χ4n) is 3.87. The minimum Gasteiger partial charge on any atom is -0.480 e. The topological polar surface area (TPSA) is 116 Å². The molecule has 1 amide bonds. The number of hydrogen-bond acceptors (Lipinski definition) is 8. The lowest BCUT2D eigenvalue weighted by Gasteiger charge is -2.24. The average Bonchev–Trinajstić information content (AvgIpc) is 3.03. The summed E-state index contributed by atoms with van der Waals surface area (Å²) in [6.45, 7) is 8.94. The number of carbonyl (C=O) groups excluding carboxylic acids is 2. The summed E-state index contributed by atoms with van der Waals surface area (Å²) in [6.07, 6.45) is 4.77. The van der Waals surface area contributed by atoms with E-state index in [2.05, 4.69) is 15.2 Å². The van der Waals surface area contributed by atoms with E-state index in [1.165, 1.54) is 13.2 Å². The highest BCUT2D eigenvalue weighted by Gasteiger charge is 2.29. The van der Waals surface area contributed by atoms with Crippen molar-refractivity contribution in [1.29, 1.82) is 0 Å². The van der Waals surface area contributed by atoms with Gasteiger partial charge in [-0.05, 0) is 45.2 Å². The van der Waals surface area contributed by atoms with Gasteiger partial charge in [0.1, 0.15) is 11.4 Å². The van der Waals surface area contributed by atoms with Crippen LogP contribution in [-0.4, -0.2) is 74.4 Å². The Balaban J connectivity index is 0.00000281. The number of aromatic nitrogens is 1. The summed E-state index contributed by atoms with van der Waals surface area (Å²) in [6, 6.07) is 1.32. The number of anilines is 1. The third-order valence-corrected chi connectivity index (χ3v) is 5.92. The van der Waals surface area contributed by atoms with Gasteiger partial charge < -0.3 is 30.2 Å². The molecule has 2 rings (SSSR count). The molecular formula is C24H41ClN4O5. The van der Waals surface area contributed by atoms with Gasteiger partial charge in [0.15, 0.2) is 0 Å². The summed E-state index contributed by atoms with van der Waals surface area (Å²) in [5.74, 6) is -0.202. The van der Waals surface area contributed by atoms with Crippen LogP contribution in [0, 0.1) is 0 Å². The monoisotopic (exact) mass is 500 g/mol. The normalized spacial score (nSPS) is 18.3. The van der Waals surface area contributed by atoms with Crippen LogP contribution in [0.3, 0.4) is 0 Å². The maximum Gasteiger partial charge on any atom is 0.305 e. The molecule has 0 aliphatic carbocycles. The minimum absolute atomic E-state index is 0.101. The van der Waals surface area contributed by atoms with Crippen molar-refractivity contribution in [3.63, 3.8) is 0 Å². The Morgan fingerprint density at radius 3 is 2.56 bits per heavy atom. The van der Waals surface area contributed by atoms with E-state index < -0.39 is 0 Å². The van der Waals surface area contributed by atoms with Crippen LogP contribution in [-0.2, 0) is 14.3 Å². The van der Waals surface area contributed by atoms with Gasteiger partial charge >= 0.3 is 5.97 Å². The summed E-state index contributed by atoms with van der Waals surface area (Å²) in [7, 11) is 3.10. The van der Waals surface area contributed by atoms with Gasteiger partial charge in [-0.15, -0.1) is 0 Å². The van der Waals surface area contributed by atoms with Gasteiger partial charge in [0, 0.05) is 26.6 Å². The van der Waals surface area contributed by atoms with Crippen LogP contribution in [0.2, 0.25) is 5.02 Å². The van der Waals surface area contributed by atoms with Crippen LogP contribution in [0.1, 0.15) is 69.7 Å². The highest BCUT2D eigenvalue weighted by atomic mass is 35.5. The number of rotatable bonds is 11. The smallest absolute Gasteiger partial charge is 0.305 e. The van der Waals surface area contributed by atoms with Crippen LogP contribution in [0.5, 0.6) is 5.88 Å². The maximum atomic E-state index is 12.9. The molecular weight excluding hydrogens is 460 g/mol. The van der Waals surface area contributed by atoms with E-state index in [9.17, 15) is 9.59 Å². The molecule has 9 nitrogen and oxygen atoms in total. The molecule has 1 aliphatic rings. The number of nitrogens with zero attached hydrogens (tertiary/aromatic N) is 2. The predicted molar refractivity (Wildman–Crippen MR) is 134 cm³/mol. The number of esters is 1. The number of halogens is 1. The Morgan fingerprint density at radius 2 is 1.91 bits per heavy atom. The van der Waals surface area contributed by atoms with Crippen molar-refractivity contribution >= 4 is 29.3 Å². The molecule has 0 unspecified atom stereocenters. The van der Waals surface area contributed by atoms with Crippen molar-refractivity contribution in [3.05, 3.63) is 16.7 Å². The first-order valence-electron chi connectivity index (χ1n) is 12.1. The van der Waals surface area contributed by atoms with Crippen molar-refractivity contribution in [3.8, 4) is 5.88 Å². The Labute approximate surface area is 208 Å². The second-order valence-corrected chi connectivity index (χ2v) is 8.21. The number of amides is 1. The SMILES string of the molecule is CC.CCOC(=O)CCCCCN1CC[C@H](OC)[C@H](NC(=O)c2cc(Cl)c(N)nc2OC)CC1. The van der Waals surface area contributed by atoms with E-state index in [1.807, 2.05) is 20.8 Å². The van der Waals surface area contributed by atoms with Crippen molar-refractivity contribution in [2.24, 2.45) is 0 Å². The molecule has 0 saturated carbocycles. The predicted octanol–water partition coefficient (Wildman–Crippen LogP) is 3.68. The zero-order valence-electron chi connectivity index (χ0n) is 21.2. The molecule has 2 atom stereocenters. The van der Waals surface area contributed by atoms with Crippen molar-refractivity contribution in [2.75, 3.05) is 46.2 Å². The third kappa shape index (κ3) is 9.64. The highest BCUT2D eigenvalue weighted by molar-refractivity contribution is 6.33. The van der Waals surface area contributed by atoms with Crippen LogP contribution >= 0.6 is 11.6 Å². The van der Waals surface area contributed by atoms with Crippen LogP contribution in [0.25, 0.3) is 0 Å². The molecule has 34 heavy (non-hydrogen) atoms. The molecule has 0 radical (unpaired) electrons. The second-order valence-electron chi connectivity index (χ2n) is 7.80. The highest BCUT2D eigenvalue weighted by Crippen LogP contribution is 2.25. The van der Waals surface area contributed by atoms with Crippen molar-refractivity contribution in [2.45, 2.75) is 71.4 Å². The number of nitrogens with one attached hydrogen (secondary N) is 1. The first-order chi connectivity index (χ1) is 16.4.